The molecule has 3 aliphatic rings. The molecule has 0 heterocycles. The van der Waals surface area contributed by atoms with Crippen LogP contribution < -0.4 is 0 Å². The van der Waals surface area contributed by atoms with Gasteiger partial charge in [0.1, 0.15) is 11.7 Å². The lowest BCUT2D eigenvalue weighted by Gasteiger charge is -2.46. The number of nitrogens with zero attached hydrogens (tertiary/aromatic N) is 1. The Labute approximate surface area is 126 Å². The molecule has 3 saturated carbocycles. The first kappa shape index (κ1) is 13.1. The molecule has 0 radical (unpaired) electrons. The molecule has 0 aliphatic heterocycles. The normalized spacial score (nSPS) is 23.2. The third-order valence-electron chi connectivity index (χ3n) is 5.36. The molecule has 3 nitrogen and oxygen atoms in total. The lowest BCUT2D eigenvalue weighted by Crippen LogP contribution is -2.53. The van der Waals surface area contributed by atoms with Gasteiger partial charge in [0.05, 0.1) is 5.41 Å². The Bertz CT molecular complexity index is 565. The predicted molar refractivity (Wildman–Crippen MR) is 85.0 cm³/mol. The summed E-state index contributed by atoms with van der Waals surface area (Å²) in [5.41, 5.74) is 1.15. The molecule has 1 aromatic carbocycles. The predicted octanol–water partition coefficient (Wildman–Crippen LogP) is 3.94. The summed E-state index contributed by atoms with van der Waals surface area (Å²) in [6.45, 7) is 0. The Hall–Kier alpha value is -1.64. The first-order valence-corrected chi connectivity index (χ1v) is 8.24. The van der Waals surface area contributed by atoms with Crippen LogP contribution in [0.1, 0.15) is 50.5 Å². The molecule has 0 atom stereocenters. The van der Waals surface area contributed by atoms with Gasteiger partial charge in [0.25, 0.3) is 0 Å². The molecule has 2 N–H and O–H groups in total. The SMILES string of the molecule is N=C(C1CC1)N(C(=N)C1(c2ccccc2)CCC1)C1CC1. The molecule has 0 unspecified atom stereocenters. The Morgan fingerprint density at radius 3 is 2.14 bits per heavy atom. The van der Waals surface area contributed by atoms with Crippen molar-refractivity contribution in [3.63, 3.8) is 0 Å². The molecule has 0 aromatic heterocycles. The third kappa shape index (κ3) is 2.10. The van der Waals surface area contributed by atoms with E-state index in [1.807, 2.05) is 6.07 Å². The van der Waals surface area contributed by atoms with Crippen molar-refractivity contribution >= 4 is 11.7 Å². The van der Waals surface area contributed by atoms with Gasteiger partial charge >= 0.3 is 0 Å². The first-order chi connectivity index (χ1) is 10.2. The van der Waals surface area contributed by atoms with Gasteiger partial charge in [-0.05, 0) is 44.1 Å². The molecule has 4 rings (SSSR count). The summed E-state index contributed by atoms with van der Waals surface area (Å²) in [6, 6.07) is 11.0. The summed E-state index contributed by atoms with van der Waals surface area (Å²) in [6.07, 6.45) is 7.94. The minimum absolute atomic E-state index is 0.120. The fourth-order valence-electron chi connectivity index (χ4n) is 3.57. The summed E-state index contributed by atoms with van der Waals surface area (Å²) in [4.78, 5) is 2.10. The lowest BCUT2D eigenvalue weighted by molar-refractivity contribution is 0.310. The highest BCUT2D eigenvalue weighted by molar-refractivity contribution is 6.05. The number of amidine groups is 2. The monoisotopic (exact) mass is 281 g/mol. The highest BCUT2D eigenvalue weighted by Crippen LogP contribution is 2.48. The smallest absolute Gasteiger partial charge is 0.112 e. The van der Waals surface area contributed by atoms with Gasteiger partial charge in [-0.25, -0.2) is 0 Å². The van der Waals surface area contributed by atoms with Gasteiger partial charge < -0.3 is 4.90 Å². The van der Waals surface area contributed by atoms with Crippen LogP contribution in [0.2, 0.25) is 0 Å². The Morgan fingerprint density at radius 1 is 1.00 bits per heavy atom. The topological polar surface area (TPSA) is 50.9 Å². The maximum absolute atomic E-state index is 8.90. The van der Waals surface area contributed by atoms with Gasteiger partial charge in [0, 0.05) is 12.0 Å². The second-order valence-corrected chi connectivity index (χ2v) is 6.91. The number of rotatable bonds is 4. The number of benzene rings is 1. The van der Waals surface area contributed by atoms with Gasteiger partial charge in [-0.15, -0.1) is 0 Å². The molecule has 21 heavy (non-hydrogen) atoms. The highest BCUT2D eigenvalue weighted by atomic mass is 15.3. The molecule has 0 spiro atoms. The zero-order valence-corrected chi connectivity index (χ0v) is 12.4. The molecule has 0 amide bonds. The van der Waals surface area contributed by atoms with Crippen molar-refractivity contribution in [1.29, 1.82) is 10.8 Å². The maximum Gasteiger partial charge on any atom is 0.112 e. The van der Waals surface area contributed by atoms with Crippen molar-refractivity contribution in [2.24, 2.45) is 5.92 Å². The highest BCUT2D eigenvalue weighted by Gasteiger charge is 2.50. The van der Waals surface area contributed by atoms with E-state index in [4.69, 9.17) is 10.8 Å². The number of nitrogens with one attached hydrogen (secondary N) is 2. The second-order valence-electron chi connectivity index (χ2n) is 6.91. The molecule has 3 fully saturated rings. The fourth-order valence-corrected chi connectivity index (χ4v) is 3.57. The fraction of sp³-hybridized carbons (Fsp3) is 0.556. The van der Waals surface area contributed by atoms with Crippen molar-refractivity contribution < 1.29 is 0 Å². The van der Waals surface area contributed by atoms with Crippen molar-refractivity contribution in [3.8, 4) is 0 Å². The quantitative estimate of drug-likeness (QED) is 0.637. The molecule has 110 valence electrons. The second kappa shape index (κ2) is 4.69. The minimum atomic E-state index is -0.120. The molecular weight excluding hydrogens is 258 g/mol. The summed E-state index contributed by atoms with van der Waals surface area (Å²) < 4.78 is 0. The molecular formula is C18H23N3. The van der Waals surface area contributed by atoms with E-state index in [-0.39, 0.29) is 5.41 Å². The standard InChI is InChI=1S/C18H23N3/c19-16(13-7-8-13)21(15-9-10-15)17(20)18(11-4-12-18)14-5-2-1-3-6-14/h1-3,5-6,13,15,19-20H,4,7-12H2. The Kier molecular flexibility index (Phi) is 2.91. The van der Waals surface area contributed by atoms with Crippen LogP contribution in [0, 0.1) is 16.7 Å². The largest absolute Gasteiger partial charge is 0.315 e. The Morgan fingerprint density at radius 2 is 1.67 bits per heavy atom. The van der Waals surface area contributed by atoms with Gasteiger partial charge in [-0.1, -0.05) is 36.8 Å². The van der Waals surface area contributed by atoms with E-state index in [0.717, 1.165) is 44.4 Å². The van der Waals surface area contributed by atoms with Gasteiger partial charge in [0.2, 0.25) is 0 Å². The van der Waals surface area contributed by atoms with E-state index >= 15 is 0 Å². The van der Waals surface area contributed by atoms with Crippen molar-refractivity contribution in [3.05, 3.63) is 35.9 Å². The van der Waals surface area contributed by atoms with Crippen LogP contribution in [-0.4, -0.2) is 22.6 Å². The van der Waals surface area contributed by atoms with E-state index < -0.39 is 0 Å². The van der Waals surface area contributed by atoms with Gasteiger partial charge in [-0.2, -0.15) is 0 Å². The first-order valence-electron chi connectivity index (χ1n) is 8.24. The van der Waals surface area contributed by atoms with Crippen LogP contribution in [-0.2, 0) is 5.41 Å². The van der Waals surface area contributed by atoms with E-state index in [1.165, 1.54) is 12.0 Å². The maximum atomic E-state index is 8.90. The van der Waals surface area contributed by atoms with Gasteiger partial charge in [0.15, 0.2) is 0 Å². The minimum Gasteiger partial charge on any atom is -0.315 e. The summed E-state index contributed by atoms with van der Waals surface area (Å²) in [7, 11) is 0. The van der Waals surface area contributed by atoms with Crippen molar-refractivity contribution in [2.45, 2.75) is 56.4 Å². The van der Waals surface area contributed by atoms with Crippen LogP contribution in [0.4, 0.5) is 0 Å². The summed E-state index contributed by atoms with van der Waals surface area (Å²) in [5, 5.41) is 17.4. The van der Waals surface area contributed by atoms with E-state index in [9.17, 15) is 0 Å². The molecule has 0 saturated heterocycles. The van der Waals surface area contributed by atoms with Crippen LogP contribution in [0.5, 0.6) is 0 Å². The third-order valence-corrected chi connectivity index (χ3v) is 5.36. The molecule has 3 heteroatoms. The lowest BCUT2D eigenvalue weighted by atomic mass is 9.63. The van der Waals surface area contributed by atoms with Crippen LogP contribution in [0.25, 0.3) is 0 Å². The van der Waals surface area contributed by atoms with Crippen LogP contribution in [0.3, 0.4) is 0 Å². The summed E-state index contributed by atoms with van der Waals surface area (Å²) >= 11 is 0. The molecule has 1 aromatic rings. The zero-order valence-electron chi connectivity index (χ0n) is 12.4. The van der Waals surface area contributed by atoms with Crippen LogP contribution in [0.15, 0.2) is 30.3 Å². The average Bonchev–Trinajstić information content (AvgIpc) is 3.32. The van der Waals surface area contributed by atoms with E-state index in [2.05, 4.69) is 29.2 Å². The van der Waals surface area contributed by atoms with Crippen molar-refractivity contribution in [1.82, 2.24) is 4.90 Å². The number of hydrogen-bond donors (Lipinski definition) is 2. The van der Waals surface area contributed by atoms with E-state index in [1.54, 1.807) is 0 Å². The van der Waals surface area contributed by atoms with E-state index in [0.29, 0.717) is 17.8 Å². The molecule has 0 bridgehead atoms. The Balaban J connectivity index is 1.66. The number of hydrogen-bond acceptors (Lipinski definition) is 2. The van der Waals surface area contributed by atoms with Crippen LogP contribution >= 0.6 is 0 Å². The zero-order chi connectivity index (χ0) is 14.4. The molecule has 3 aliphatic carbocycles. The van der Waals surface area contributed by atoms with Crippen molar-refractivity contribution in [2.75, 3.05) is 0 Å². The average molecular weight is 281 g/mol. The summed E-state index contributed by atoms with van der Waals surface area (Å²) in [5.74, 6) is 1.86. The van der Waals surface area contributed by atoms with Gasteiger partial charge in [-0.3, -0.25) is 10.8 Å².